The molecule has 4 heteroatoms. The first-order valence-electron chi connectivity index (χ1n) is 6.88. The average molecular weight is 262 g/mol. The van der Waals surface area contributed by atoms with Crippen molar-refractivity contribution in [3.8, 4) is 5.75 Å². The topological polar surface area (TPSA) is 50.4 Å². The van der Waals surface area contributed by atoms with Gasteiger partial charge in [-0.05, 0) is 24.1 Å². The fourth-order valence-corrected chi connectivity index (χ4v) is 2.56. The van der Waals surface area contributed by atoms with Crippen LogP contribution in [0.15, 0.2) is 24.3 Å². The molecule has 2 atom stereocenters. The molecule has 0 bridgehead atoms. The van der Waals surface area contributed by atoms with Crippen LogP contribution in [-0.2, 0) is 4.79 Å². The number of carbonyl (C=O) groups excluding carboxylic acids is 1. The van der Waals surface area contributed by atoms with E-state index in [2.05, 4.69) is 23.6 Å². The molecule has 1 aromatic rings. The number of amides is 1. The lowest BCUT2D eigenvalue weighted by Gasteiger charge is -2.19. The Morgan fingerprint density at radius 1 is 1.47 bits per heavy atom. The molecule has 1 saturated heterocycles. The number of hydrogen-bond acceptors (Lipinski definition) is 3. The third-order valence-electron chi connectivity index (χ3n) is 3.62. The molecule has 1 amide bonds. The molecule has 0 radical (unpaired) electrons. The van der Waals surface area contributed by atoms with Gasteiger partial charge in [0.05, 0.1) is 13.0 Å². The fraction of sp³-hybridized carbons (Fsp3) is 0.533. The Bertz CT molecular complexity index is 434. The van der Waals surface area contributed by atoms with Crippen LogP contribution >= 0.6 is 0 Å². The molecule has 19 heavy (non-hydrogen) atoms. The summed E-state index contributed by atoms with van der Waals surface area (Å²) in [6, 6.07) is 8.00. The maximum absolute atomic E-state index is 12.2. The minimum absolute atomic E-state index is 0.0126. The molecule has 4 nitrogen and oxygen atoms in total. The summed E-state index contributed by atoms with van der Waals surface area (Å²) in [7, 11) is 1.66. The Labute approximate surface area is 114 Å². The molecular weight excluding hydrogens is 240 g/mol. The molecule has 2 unspecified atom stereocenters. The largest absolute Gasteiger partial charge is 0.497 e. The molecule has 1 heterocycles. The zero-order valence-electron chi connectivity index (χ0n) is 11.6. The third kappa shape index (κ3) is 3.26. The van der Waals surface area contributed by atoms with Crippen LogP contribution in [0.1, 0.15) is 24.8 Å². The van der Waals surface area contributed by atoms with E-state index in [1.54, 1.807) is 7.11 Å². The quantitative estimate of drug-likeness (QED) is 0.846. The van der Waals surface area contributed by atoms with Gasteiger partial charge in [0.1, 0.15) is 5.75 Å². The van der Waals surface area contributed by atoms with Crippen molar-refractivity contribution in [2.24, 2.45) is 5.92 Å². The standard InChI is InChI=1S/C15H22N2O2/c1-3-7-17-15(18)14-10-16-9-13(14)11-5-4-6-12(8-11)19-2/h4-6,8,13-14,16H,3,7,9-10H2,1-2H3,(H,17,18). The SMILES string of the molecule is CCCNC(=O)C1CNCC1c1cccc(OC)c1. The smallest absolute Gasteiger partial charge is 0.225 e. The summed E-state index contributed by atoms with van der Waals surface area (Å²) in [5.41, 5.74) is 1.17. The average Bonchev–Trinajstić information content (AvgIpc) is 2.94. The number of benzene rings is 1. The molecule has 104 valence electrons. The summed E-state index contributed by atoms with van der Waals surface area (Å²) in [6.45, 7) is 4.40. The normalized spacial score (nSPS) is 22.2. The van der Waals surface area contributed by atoms with E-state index in [1.165, 1.54) is 5.56 Å². The van der Waals surface area contributed by atoms with Crippen LogP contribution in [0, 0.1) is 5.92 Å². The molecule has 0 spiro atoms. The lowest BCUT2D eigenvalue weighted by Crippen LogP contribution is -2.34. The fourth-order valence-electron chi connectivity index (χ4n) is 2.56. The molecule has 0 aromatic heterocycles. The minimum atomic E-state index is 0.0126. The number of ether oxygens (including phenoxy) is 1. The van der Waals surface area contributed by atoms with Gasteiger partial charge in [-0.2, -0.15) is 0 Å². The summed E-state index contributed by atoms with van der Waals surface area (Å²) < 4.78 is 5.25. The van der Waals surface area contributed by atoms with Crippen molar-refractivity contribution in [2.45, 2.75) is 19.3 Å². The van der Waals surface area contributed by atoms with Gasteiger partial charge in [-0.15, -0.1) is 0 Å². The van der Waals surface area contributed by atoms with E-state index >= 15 is 0 Å². The Hall–Kier alpha value is -1.55. The van der Waals surface area contributed by atoms with Gasteiger partial charge in [0.25, 0.3) is 0 Å². The molecule has 0 aliphatic carbocycles. The number of carbonyl (C=O) groups is 1. The maximum Gasteiger partial charge on any atom is 0.225 e. The lowest BCUT2D eigenvalue weighted by molar-refractivity contribution is -0.124. The second kappa shape index (κ2) is 6.57. The molecular formula is C15H22N2O2. The Kier molecular flexibility index (Phi) is 4.80. The maximum atomic E-state index is 12.2. The summed E-state index contributed by atoms with van der Waals surface area (Å²) in [5.74, 6) is 1.24. The molecule has 0 saturated carbocycles. The van der Waals surface area contributed by atoms with Crippen molar-refractivity contribution in [3.05, 3.63) is 29.8 Å². The van der Waals surface area contributed by atoms with E-state index in [-0.39, 0.29) is 17.7 Å². The van der Waals surface area contributed by atoms with Gasteiger partial charge in [-0.1, -0.05) is 19.1 Å². The van der Waals surface area contributed by atoms with E-state index in [4.69, 9.17) is 4.74 Å². The van der Waals surface area contributed by atoms with Crippen molar-refractivity contribution in [2.75, 3.05) is 26.7 Å². The first-order chi connectivity index (χ1) is 9.26. The molecule has 1 fully saturated rings. The van der Waals surface area contributed by atoms with Crippen LogP contribution in [0.5, 0.6) is 5.75 Å². The summed E-state index contributed by atoms with van der Waals surface area (Å²) in [4.78, 5) is 12.2. The first kappa shape index (κ1) is 13.9. The van der Waals surface area contributed by atoms with Crippen molar-refractivity contribution in [1.29, 1.82) is 0 Å². The van der Waals surface area contributed by atoms with Crippen molar-refractivity contribution in [1.82, 2.24) is 10.6 Å². The Morgan fingerprint density at radius 3 is 3.05 bits per heavy atom. The predicted molar refractivity (Wildman–Crippen MR) is 75.4 cm³/mol. The van der Waals surface area contributed by atoms with Crippen LogP contribution < -0.4 is 15.4 Å². The van der Waals surface area contributed by atoms with Crippen LogP contribution in [0.3, 0.4) is 0 Å². The Morgan fingerprint density at radius 2 is 2.32 bits per heavy atom. The minimum Gasteiger partial charge on any atom is -0.497 e. The van der Waals surface area contributed by atoms with Gasteiger partial charge in [-0.25, -0.2) is 0 Å². The van der Waals surface area contributed by atoms with Gasteiger partial charge < -0.3 is 15.4 Å². The zero-order valence-corrected chi connectivity index (χ0v) is 11.6. The highest BCUT2D eigenvalue weighted by atomic mass is 16.5. The monoisotopic (exact) mass is 262 g/mol. The molecule has 2 N–H and O–H groups in total. The first-order valence-corrected chi connectivity index (χ1v) is 6.88. The summed E-state index contributed by atoms with van der Waals surface area (Å²) in [5, 5.41) is 6.31. The second-order valence-electron chi connectivity index (χ2n) is 4.94. The van der Waals surface area contributed by atoms with Gasteiger partial charge in [-0.3, -0.25) is 4.79 Å². The lowest BCUT2D eigenvalue weighted by atomic mass is 9.88. The van der Waals surface area contributed by atoms with Crippen LogP contribution in [0.25, 0.3) is 0 Å². The number of nitrogens with one attached hydrogen (secondary N) is 2. The van der Waals surface area contributed by atoms with Crippen molar-refractivity contribution < 1.29 is 9.53 Å². The highest BCUT2D eigenvalue weighted by molar-refractivity contribution is 5.80. The molecule has 1 aliphatic rings. The van der Waals surface area contributed by atoms with Gasteiger partial charge in [0.15, 0.2) is 0 Å². The highest BCUT2D eigenvalue weighted by Gasteiger charge is 2.33. The van der Waals surface area contributed by atoms with Gasteiger partial charge >= 0.3 is 0 Å². The van der Waals surface area contributed by atoms with Gasteiger partial charge in [0.2, 0.25) is 5.91 Å². The third-order valence-corrected chi connectivity index (χ3v) is 3.62. The van der Waals surface area contributed by atoms with E-state index in [9.17, 15) is 4.79 Å². The highest BCUT2D eigenvalue weighted by Crippen LogP contribution is 2.30. The zero-order chi connectivity index (χ0) is 13.7. The molecule has 1 aromatic carbocycles. The van der Waals surface area contributed by atoms with Crippen molar-refractivity contribution in [3.63, 3.8) is 0 Å². The Balaban J connectivity index is 2.11. The van der Waals surface area contributed by atoms with E-state index in [0.717, 1.165) is 31.8 Å². The molecule has 1 aliphatic heterocycles. The van der Waals surface area contributed by atoms with Crippen LogP contribution in [0.2, 0.25) is 0 Å². The number of rotatable bonds is 5. The number of methoxy groups -OCH3 is 1. The van der Waals surface area contributed by atoms with Crippen LogP contribution in [-0.4, -0.2) is 32.7 Å². The number of hydrogen-bond donors (Lipinski definition) is 2. The van der Waals surface area contributed by atoms with E-state index < -0.39 is 0 Å². The molecule has 2 rings (SSSR count). The second-order valence-corrected chi connectivity index (χ2v) is 4.94. The summed E-state index contributed by atoms with van der Waals surface area (Å²) in [6.07, 6.45) is 0.968. The van der Waals surface area contributed by atoms with Gasteiger partial charge in [0, 0.05) is 25.6 Å². The van der Waals surface area contributed by atoms with E-state index in [1.807, 2.05) is 18.2 Å². The van der Waals surface area contributed by atoms with Crippen LogP contribution in [0.4, 0.5) is 0 Å². The van der Waals surface area contributed by atoms with Crippen molar-refractivity contribution >= 4 is 5.91 Å². The van der Waals surface area contributed by atoms with E-state index in [0.29, 0.717) is 0 Å². The summed E-state index contributed by atoms with van der Waals surface area (Å²) >= 11 is 0. The predicted octanol–water partition coefficient (Wildman–Crippen LogP) is 1.52.